The lowest BCUT2D eigenvalue weighted by molar-refractivity contribution is 0.0949. The van der Waals surface area contributed by atoms with Gasteiger partial charge in [0.25, 0.3) is 5.91 Å². The smallest absolute Gasteiger partial charge is 0.251 e. The Balaban J connectivity index is 1.62. The lowest BCUT2D eigenvalue weighted by Gasteiger charge is -2.07. The van der Waals surface area contributed by atoms with E-state index in [0.717, 1.165) is 29.8 Å². The second kappa shape index (κ2) is 6.27. The Morgan fingerprint density at radius 3 is 3.09 bits per heavy atom. The van der Waals surface area contributed by atoms with E-state index in [0.29, 0.717) is 18.7 Å². The Morgan fingerprint density at radius 2 is 2.32 bits per heavy atom. The maximum Gasteiger partial charge on any atom is 0.251 e. The van der Waals surface area contributed by atoms with Crippen molar-refractivity contribution in [2.45, 2.75) is 32.9 Å². The van der Waals surface area contributed by atoms with Gasteiger partial charge in [0.15, 0.2) is 0 Å². The molecule has 1 atom stereocenters. The number of carbonyl (C=O) groups is 1. The Hall–Kier alpha value is -2.21. The van der Waals surface area contributed by atoms with Crippen molar-refractivity contribution in [2.75, 3.05) is 13.2 Å². The summed E-state index contributed by atoms with van der Waals surface area (Å²) in [6.45, 7) is 5.73. The van der Waals surface area contributed by atoms with Crippen LogP contribution in [0.2, 0.25) is 0 Å². The molecule has 0 bridgehead atoms. The molecule has 116 valence electrons. The molecule has 6 nitrogen and oxygen atoms in total. The molecular formula is C16H20N4O2. The van der Waals surface area contributed by atoms with E-state index >= 15 is 0 Å². The van der Waals surface area contributed by atoms with Crippen molar-refractivity contribution >= 4 is 5.91 Å². The van der Waals surface area contributed by atoms with E-state index in [4.69, 9.17) is 4.74 Å². The number of carbonyl (C=O) groups excluding carboxylic acids is 1. The Labute approximate surface area is 129 Å². The predicted molar refractivity (Wildman–Crippen MR) is 81.6 cm³/mol. The normalized spacial score (nSPS) is 17.6. The molecule has 22 heavy (non-hydrogen) atoms. The molecule has 1 unspecified atom stereocenters. The highest BCUT2D eigenvalue weighted by molar-refractivity contribution is 5.95. The fourth-order valence-corrected chi connectivity index (χ4v) is 2.55. The van der Waals surface area contributed by atoms with Crippen molar-refractivity contribution in [1.82, 2.24) is 20.3 Å². The number of nitrogens with zero attached hydrogens (tertiary/aromatic N) is 3. The molecule has 3 rings (SSSR count). The van der Waals surface area contributed by atoms with Gasteiger partial charge in [0.2, 0.25) is 0 Å². The number of hydrogen-bond acceptors (Lipinski definition) is 4. The minimum atomic E-state index is -0.0834. The number of nitrogens with one attached hydrogen (secondary N) is 1. The first-order chi connectivity index (χ1) is 10.6. The van der Waals surface area contributed by atoms with Crippen LogP contribution in [0.5, 0.6) is 0 Å². The average molecular weight is 300 g/mol. The summed E-state index contributed by atoms with van der Waals surface area (Å²) >= 11 is 0. The molecule has 2 heterocycles. The summed E-state index contributed by atoms with van der Waals surface area (Å²) in [5.41, 5.74) is 3.50. The second-order valence-electron chi connectivity index (χ2n) is 5.71. The van der Waals surface area contributed by atoms with Gasteiger partial charge in [0.1, 0.15) is 5.69 Å². The zero-order valence-corrected chi connectivity index (χ0v) is 12.9. The highest BCUT2D eigenvalue weighted by Crippen LogP contribution is 2.17. The molecule has 6 heteroatoms. The van der Waals surface area contributed by atoms with Gasteiger partial charge in [-0.3, -0.25) is 4.79 Å². The molecule has 1 aromatic heterocycles. The summed E-state index contributed by atoms with van der Waals surface area (Å²) in [6.07, 6.45) is 2.83. The quantitative estimate of drug-likeness (QED) is 0.934. The van der Waals surface area contributed by atoms with Crippen LogP contribution in [0.1, 0.15) is 39.6 Å². The highest BCUT2D eigenvalue weighted by atomic mass is 16.5. The maximum atomic E-state index is 12.3. The first-order valence-electron chi connectivity index (χ1n) is 7.47. The third kappa shape index (κ3) is 3.17. The van der Waals surface area contributed by atoms with Gasteiger partial charge in [0.05, 0.1) is 25.4 Å². The van der Waals surface area contributed by atoms with Crippen LogP contribution in [0.25, 0.3) is 0 Å². The molecule has 0 aliphatic carbocycles. The molecule has 1 fully saturated rings. The van der Waals surface area contributed by atoms with Crippen molar-refractivity contribution in [3.05, 3.63) is 46.8 Å². The Bertz CT molecular complexity index is 675. The van der Waals surface area contributed by atoms with Gasteiger partial charge in [0, 0.05) is 12.2 Å². The van der Waals surface area contributed by atoms with Crippen molar-refractivity contribution in [1.29, 1.82) is 0 Å². The fraction of sp³-hybridized carbons (Fsp3) is 0.438. The molecule has 1 amide bonds. The van der Waals surface area contributed by atoms with Gasteiger partial charge in [-0.15, -0.1) is 5.10 Å². The summed E-state index contributed by atoms with van der Waals surface area (Å²) in [5, 5.41) is 11.1. The van der Waals surface area contributed by atoms with E-state index in [1.165, 1.54) is 0 Å². The van der Waals surface area contributed by atoms with Gasteiger partial charge < -0.3 is 10.1 Å². The molecule has 0 saturated carbocycles. The lowest BCUT2D eigenvalue weighted by atomic mass is 10.1. The Morgan fingerprint density at radius 1 is 1.45 bits per heavy atom. The number of benzene rings is 1. The highest BCUT2D eigenvalue weighted by Gasteiger charge is 2.19. The zero-order valence-electron chi connectivity index (χ0n) is 12.9. The zero-order chi connectivity index (χ0) is 15.5. The Kier molecular flexibility index (Phi) is 4.20. The molecule has 2 aromatic rings. The monoisotopic (exact) mass is 300 g/mol. The predicted octanol–water partition coefficient (Wildman–Crippen LogP) is 1.79. The van der Waals surface area contributed by atoms with Gasteiger partial charge in [-0.2, -0.15) is 0 Å². The van der Waals surface area contributed by atoms with Crippen LogP contribution in [0.3, 0.4) is 0 Å². The first-order valence-corrected chi connectivity index (χ1v) is 7.47. The maximum absolute atomic E-state index is 12.3. The van der Waals surface area contributed by atoms with E-state index in [1.807, 2.05) is 42.9 Å². The van der Waals surface area contributed by atoms with E-state index in [9.17, 15) is 4.79 Å². The third-order valence-corrected chi connectivity index (χ3v) is 3.91. The van der Waals surface area contributed by atoms with E-state index in [2.05, 4.69) is 15.6 Å². The molecule has 1 aromatic carbocycles. The molecule has 1 N–H and O–H groups in total. The molecular weight excluding hydrogens is 280 g/mol. The SMILES string of the molecule is Cc1ccc(C)c(C(=O)NCc2cn(C3CCOC3)nn2)c1. The van der Waals surface area contributed by atoms with Gasteiger partial charge in [-0.05, 0) is 31.9 Å². The van der Waals surface area contributed by atoms with Crippen LogP contribution in [0, 0.1) is 13.8 Å². The first kappa shape index (κ1) is 14.7. The number of aromatic nitrogens is 3. The topological polar surface area (TPSA) is 69.0 Å². The van der Waals surface area contributed by atoms with Gasteiger partial charge >= 0.3 is 0 Å². The molecule has 0 radical (unpaired) electrons. The van der Waals surface area contributed by atoms with Crippen molar-refractivity contribution in [3.8, 4) is 0 Å². The second-order valence-corrected chi connectivity index (χ2v) is 5.71. The van der Waals surface area contributed by atoms with Crippen LogP contribution < -0.4 is 5.32 Å². The number of aryl methyl sites for hydroxylation is 2. The number of ether oxygens (including phenoxy) is 1. The van der Waals surface area contributed by atoms with Crippen molar-refractivity contribution < 1.29 is 9.53 Å². The van der Waals surface area contributed by atoms with Gasteiger partial charge in [-0.25, -0.2) is 4.68 Å². The summed E-state index contributed by atoms with van der Waals surface area (Å²) in [4.78, 5) is 12.3. The van der Waals surface area contributed by atoms with E-state index in [1.54, 1.807) is 0 Å². The van der Waals surface area contributed by atoms with Crippen LogP contribution in [-0.2, 0) is 11.3 Å². The standard InChI is InChI=1S/C16H20N4O2/c1-11-3-4-12(2)15(7-11)16(21)17-8-13-9-20(19-18-13)14-5-6-22-10-14/h3-4,7,9,14H,5-6,8,10H2,1-2H3,(H,17,21). The van der Waals surface area contributed by atoms with Crippen LogP contribution in [0.4, 0.5) is 0 Å². The molecule has 0 spiro atoms. The minimum absolute atomic E-state index is 0.0834. The minimum Gasteiger partial charge on any atom is -0.379 e. The van der Waals surface area contributed by atoms with Crippen molar-refractivity contribution in [2.24, 2.45) is 0 Å². The summed E-state index contributed by atoms with van der Waals surface area (Å²) in [7, 11) is 0. The van der Waals surface area contributed by atoms with E-state index < -0.39 is 0 Å². The number of rotatable bonds is 4. The summed E-state index contributed by atoms with van der Waals surface area (Å²) in [5.74, 6) is -0.0834. The number of hydrogen-bond donors (Lipinski definition) is 1. The largest absolute Gasteiger partial charge is 0.379 e. The summed E-state index contributed by atoms with van der Waals surface area (Å²) < 4.78 is 7.17. The summed E-state index contributed by atoms with van der Waals surface area (Å²) in [6, 6.07) is 6.12. The molecule has 1 aliphatic rings. The average Bonchev–Trinajstić information content (AvgIpc) is 3.17. The van der Waals surface area contributed by atoms with E-state index in [-0.39, 0.29) is 11.9 Å². The van der Waals surface area contributed by atoms with Crippen LogP contribution in [0.15, 0.2) is 24.4 Å². The molecule has 1 saturated heterocycles. The van der Waals surface area contributed by atoms with Crippen molar-refractivity contribution in [3.63, 3.8) is 0 Å². The fourth-order valence-electron chi connectivity index (χ4n) is 2.55. The lowest BCUT2D eigenvalue weighted by Crippen LogP contribution is -2.24. The third-order valence-electron chi connectivity index (χ3n) is 3.91. The van der Waals surface area contributed by atoms with Crippen LogP contribution >= 0.6 is 0 Å². The van der Waals surface area contributed by atoms with Gasteiger partial charge in [-0.1, -0.05) is 22.9 Å². The number of amides is 1. The molecule has 1 aliphatic heterocycles. The van der Waals surface area contributed by atoms with Crippen LogP contribution in [-0.4, -0.2) is 34.1 Å².